The lowest BCUT2D eigenvalue weighted by Crippen LogP contribution is -2.56. The zero-order chi connectivity index (χ0) is 15.1. The minimum atomic E-state index is -0.405. The topological polar surface area (TPSA) is 91.4 Å². The molecule has 116 valence electrons. The summed E-state index contributed by atoms with van der Waals surface area (Å²) in [6.07, 6.45) is 1.40. The van der Waals surface area contributed by atoms with E-state index in [1.54, 1.807) is 11.8 Å². The first-order chi connectivity index (χ1) is 9.54. The highest BCUT2D eigenvalue weighted by molar-refractivity contribution is 5.85. The number of ether oxygens (including phenoxy) is 1. The molecule has 1 fully saturated rings. The van der Waals surface area contributed by atoms with Gasteiger partial charge in [-0.2, -0.15) is 0 Å². The smallest absolute Gasteiger partial charge is 0.251 e. The number of nitrogens with zero attached hydrogens (tertiary/aromatic N) is 3. The number of piperazine rings is 1. The lowest BCUT2D eigenvalue weighted by atomic mass is 10.1. The standard InChI is InChI=1S/C13H26N4O3/c1-4-5-11(12(14)15-19)16-6-8-17(9-7-16)13(18)10(2)20-3/h10-11,19H,4-9H2,1-3H3,(H2,14,15). The summed E-state index contributed by atoms with van der Waals surface area (Å²) in [6.45, 7) is 6.56. The molecule has 1 saturated heterocycles. The van der Waals surface area contributed by atoms with E-state index < -0.39 is 6.10 Å². The number of rotatable bonds is 6. The molecule has 7 heteroatoms. The third kappa shape index (κ3) is 4.08. The van der Waals surface area contributed by atoms with E-state index in [-0.39, 0.29) is 17.8 Å². The van der Waals surface area contributed by atoms with Gasteiger partial charge in [0, 0.05) is 33.3 Å². The molecule has 0 aliphatic carbocycles. The summed E-state index contributed by atoms with van der Waals surface area (Å²) < 4.78 is 5.06. The Balaban J connectivity index is 2.58. The van der Waals surface area contributed by atoms with Crippen LogP contribution in [0.3, 0.4) is 0 Å². The number of oxime groups is 1. The van der Waals surface area contributed by atoms with Crippen molar-refractivity contribution in [2.75, 3.05) is 33.3 Å². The van der Waals surface area contributed by atoms with Crippen molar-refractivity contribution in [1.29, 1.82) is 0 Å². The Morgan fingerprint density at radius 3 is 2.45 bits per heavy atom. The SMILES string of the molecule is CCCC(C(N)=NO)N1CCN(C(=O)C(C)OC)CC1. The average Bonchev–Trinajstić information content (AvgIpc) is 2.50. The molecule has 0 aromatic carbocycles. The molecule has 7 nitrogen and oxygen atoms in total. The quantitative estimate of drug-likeness (QED) is 0.312. The van der Waals surface area contributed by atoms with Gasteiger partial charge in [0.05, 0.1) is 6.04 Å². The van der Waals surface area contributed by atoms with Crippen LogP contribution in [0, 0.1) is 0 Å². The number of nitrogens with two attached hydrogens (primary N) is 1. The molecule has 0 aromatic rings. The molecular formula is C13H26N4O3. The summed E-state index contributed by atoms with van der Waals surface area (Å²) in [4.78, 5) is 16.0. The fourth-order valence-corrected chi connectivity index (χ4v) is 2.47. The summed E-state index contributed by atoms with van der Waals surface area (Å²) >= 11 is 0. The van der Waals surface area contributed by atoms with Crippen LogP contribution in [0.1, 0.15) is 26.7 Å². The number of amidine groups is 1. The minimum Gasteiger partial charge on any atom is -0.409 e. The minimum absolute atomic E-state index is 0.0167. The summed E-state index contributed by atoms with van der Waals surface area (Å²) in [5, 5.41) is 12.0. The lowest BCUT2D eigenvalue weighted by molar-refractivity contribution is -0.142. The van der Waals surface area contributed by atoms with Gasteiger partial charge < -0.3 is 20.6 Å². The van der Waals surface area contributed by atoms with Gasteiger partial charge in [0.25, 0.3) is 5.91 Å². The molecule has 1 heterocycles. The van der Waals surface area contributed by atoms with E-state index in [4.69, 9.17) is 15.7 Å². The fourth-order valence-electron chi connectivity index (χ4n) is 2.47. The molecule has 1 aliphatic heterocycles. The molecular weight excluding hydrogens is 260 g/mol. The van der Waals surface area contributed by atoms with E-state index in [2.05, 4.69) is 17.0 Å². The van der Waals surface area contributed by atoms with Crippen molar-refractivity contribution < 1.29 is 14.7 Å². The number of hydrogen-bond acceptors (Lipinski definition) is 5. The third-order valence-corrected chi connectivity index (χ3v) is 3.79. The van der Waals surface area contributed by atoms with Crippen LogP contribution in [-0.2, 0) is 9.53 Å². The Labute approximate surface area is 120 Å². The molecule has 1 aliphatic rings. The molecule has 0 spiro atoms. The van der Waals surface area contributed by atoms with E-state index in [1.807, 2.05) is 0 Å². The maximum Gasteiger partial charge on any atom is 0.251 e. The van der Waals surface area contributed by atoms with Crippen LogP contribution >= 0.6 is 0 Å². The highest BCUT2D eigenvalue weighted by Gasteiger charge is 2.29. The Kier molecular flexibility index (Phi) is 6.74. The number of amides is 1. The molecule has 1 amide bonds. The normalized spacial score (nSPS) is 20.8. The Bertz CT molecular complexity index is 341. The predicted molar refractivity (Wildman–Crippen MR) is 76.7 cm³/mol. The first-order valence-corrected chi connectivity index (χ1v) is 7.08. The number of carbonyl (C=O) groups excluding carboxylic acids is 1. The van der Waals surface area contributed by atoms with Crippen molar-refractivity contribution >= 4 is 11.7 Å². The van der Waals surface area contributed by atoms with Gasteiger partial charge in [-0.3, -0.25) is 9.69 Å². The zero-order valence-electron chi connectivity index (χ0n) is 12.6. The van der Waals surface area contributed by atoms with E-state index in [0.717, 1.165) is 25.9 Å². The third-order valence-electron chi connectivity index (χ3n) is 3.79. The summed E-state index contributed by atoms with van der Waals surface area (Å²) in [6, 6.07) is -0.0536. The van der Waals surface area contributed by atoms with Crippen LogP contribution in [0.25, 0.3) is 0 Å². The van der Waals surface area contributed by atoms with Crippen molar-refractivity contribution in [1.82, 2.24) is 9.80 Å². The van der Waals surface area contributed by atoms with E-state index >= 15 is 0 Å². The van der Waals surface area contributed by atoms with Crippen LogP contribution in [0.15, 0.2) is 5.16 Å². The van der Waals surface area contributed by atoms with Gasteiger partial charge >= 0.3 is 0 Å². The molecule has 1 rings (SSSR count). The second kappa shape index (κ2) is 8.06. The van der Waals surface area contributed by atoms with E-state index in [9.17, 15) is 4.79 Å². The van der Waals surface area contributed by atoms with Crippen LogP contribution in [0.5, 0.6) is 0 Å². The first kappa shape index (κ1) is 16.7. The predicted octanol–water partition coefficient (Wildman–Crippen LogP) is 0.0806. The molecule has 2 atom stereocenters. The van der Waals surface area contributed by atoms with Gasteiger partial charge in [0.2, 0.25) is 0 Å². The van der Waals surface area contributed by atoms with Crippen molar-refractivity contribution in [2.45, 2.75) is 38.8 Å². The monoisotopic (exact) mass is 286 g/mol. The molecule has 2 unspecified atom stereocenters. The van der Waals surface area contributed by atoms with Gasteiger partial charge in [-0.1, -0.05) is 18.5 Å². The van der Waals surface area contributed by atoms with Gasteiger partial charge in [-0.25, -0.2) is 0 Å². The van der Waals surface area contributed by atoms with E-state index in [1.165, 1.54) is 7.11 Å². The van der Waals surface area contributed by atoms with Crippen LogP contribution in [0.4, 0.5) is 0 Å². The molecule has 0 aromatic heterocycles. The fraction of sp³-hybridized carbons (Fsp3) is 0.846. The maximum absolute atomic E-state index is 12.0. The second-order valence-corrected chi connectivity index (χ2v) is 5.07. The highest BCUT2D eigenvalue weighted by Crippen LogP contribution is 2.12. The lowest BCUT2D eigenvalue weighted by Gasteiger charge is -2.39. The Morgan fingerprint density at radius 1 is 1.40 bits per heavy atom. The molecule has 0 saturated carbocycles. The van der Waals surface area contributed by atoms with Gasteiger partial charge in [-0.15, -0.1) is 0 Å². The summed E-state index contributed by atoms with van der Waals surface area (Å²) in [5.41, 5.74) is 5.76. The maximum atomic E-state index is 12.0. The second-order valence-electron chi connectivity index (χ2n) is 5.07. The average molecular weight is 286 g/mol. The van der Waals surface area contributed by atoms with Crippen molar-refractivity contribution in [3.05, 3.63) is 0 Å². The van der Waals surface area contributed by atoms with Crippen LogP contribution in [0.2, 0.25) is 0 Å². The van der Waals surface area contributed by atoms with Gasteiger partial charge in [0.15, 0.2) is 5.84 Å². The number of hydrogen-bond donors (Lipinski definition) is 2. The van der Waals surface area contributed by atoms with Crippen LogP contribution in [-0.4, -0.2) is 72.2 Å². The van der Waals surface area contributed by atoms with Gasteiger partial charge in [-0.05, 0) is 13.3 Å². The largest absolute Gasteiger partial charge is 0.409 e. The Morgan fingerprint density at radius 2 is 2.00 bits per heavy atom. The highest BCUT2D eigenvalue weighted by atomic mass is 16.5. The molecule has 0 bridgehead atoms. The summed E-state index contributed by atoms with van der Waals surface area (Å²) in [5.74, 6) is 0.264. The molecule has 0 radical (unpaired) electrons. The van der Waals surface area contributed by atoms with Gasteiger partial charge in [0.1, 0.15) is 6.10 Å². The molecule has 3 N–H and O–H groups in total. The molecule has 20 heavy (non-hydrogen) atoms. The van der Waals surface area contributed by atoms with Crippen molar-refractivity contribution in [3.63, 3.8) is 0 Å². The van der Waals surface area contributed by atoms with E-state index in [0.29, 0.717) is 13.1 Å². The zero-order valence-corrected chi connectivity index (χ0v) is 12.6. The number of methoxy groups -OCH3 is 1. The summed E-state index contributed by atoms with van der Waals surface area (Å²) in [7, 11) is 1.54. The van der Waals surface area contributed by atoms with Crippen molar-refractivity contribution in [2.24, 2.45) is 10.9 Å². The Hall–Kier alpha value is -1.34. The number of carbonyl (C=O) groups is 1. The van der Waals surface area contributed by atoms with Crippen molar-refractivity contribution in [3.8, 4) is 0 Å². The van der Waals surface area contributed by atoms with Crippen LogP contribution < -0.4 is 5.73 Å². The first-order valence-electron chi connectivity index (χ1n) is 7.08.